The van der Waals surface area contributed by atoms with Crippen molar-refractivity contribution in [2.45, 2.75) is 26.8 Å². The Hall–Kier alpha value is -0.640. The van der Waals surface area contributed by atoms with Gasteiger partial charge in [-0.15, -0.1) is 0 Å². The number of hydrogen-bond donors (Lipinski definition) is 1. The largest absolute Gasteiger partial charge is 0.378 e. The van der Waals surface area contributed by atoms with Crippen molar-refractivity contribution in [1.82, 2.24) is 0 Å². The van der Waals surface area contributed by atoms with Gasteiger partial charge in [0, 0.05) is 10.5 Å². The van der Waals surface area contributed by atoms with Crippen molar-refractivity contribution in [1.29, 1.82) is 0 Å². The van der Waals surface area contributed by atoms with Gasteiger partial charge in [-0.2, -0.15) is 0 Å². The van der Waals surface area contributed by atoms with Crippen molar-refractivity contribution in [3.63, 3.8) is 0 Å². The Morgan fingerprint density at radius 2 is 1.60 bits per heavy atom. The number of hydrogen-bond acceptors (Lipinski definition) is 1. The van der Waals surface area contributed by atoms with E-state index >= 15 is 0 Å². The zero-order valence-electron chi connectivity index (χ0n) is 8.94. The summed E-state index contributed by atoms with van der Waals surface area (Å²) in [5.74, 6) is -0.837. The Kier molecular flexibility index (Phi) is 4.08. The van der Waals surface area contributed by atoms with E-state index in [4.69, 9.17) is 0 Å². The van der Waals surface area contributed by atoms with Crippen molar-refractivity contribution in [3.05, 3.63) is 28.2 Å². The zero-order chi connectivity index (χ0) is 11.6. The van der Waals surface area contributed by atoms with E-state index in [1.807, 2.05) is 20.8 Å². The minimum absolute atomic E-state index is 0.0233. The van der Waals surface area contributed by atoms with Crippen LogP contribution in [0.4, 0.5) is 14.5 Å². The second-order valence-electron chi connectivity index (χ2n) is 3.92. The molecule has 1 unspecified atom stereocenters. The molecule has 84 valence electrons. The summed E-state index contributed by atoms with van der Waals surface area (Å²) in [4.78, 5) is 0. The molecule has 1 aromatic carbocycles. The number of nitrogens with one attached hydrogen (secondary N) is 1. The fraction of sp³-hybridized carbons (Fsp3) is 0.455. The molecule has 1 rings (SSSR count). The van der Waals surface area contributed by atoms with Crippen LogP contribution in [0.2, 0.25) is 0 Å². The molecule has 0 bridgehead atoms. The third-order valence-corrected chi connectivity index (χ3v) is 2.84. The van der Waals surface area contributed by atoms with Crippen LogP contribution in [0.3, 0.4) is 0 Å². The Morgan fingerprint density at radius 3 is 2.00 bits per heavy atom. The van der Waals surface area contributed by atoms with Crippen molar-refractivity contribution >= 4 is 21.6 Å². The van der Waals surface area contributed by atoms with Gasteiger partial charge < -0.3 is 5.32 Å². The van der Waals surface area contributed by atoms with Crippen LogP contribution < -0.4 is 5.32 Å². The van der Waals surface area contributed by atoms with Gasteiger partial charge in [-0.1, -0.05) is 29.8 Å². The third-order valence-electron chi connectivity index (χ3n) is 2.38. The van der Waals surface area contributed by atoms with Gasteiger partial charge >= 0.3 is 0 Å². The highest BCUT2D eigenvalue weighted by molar-refractivity contribution is 9.10. The lowest BCUT2D eigenvalue weighted by molar-refractivity contribution is 0.538. The summed E-state index contributed by atoms with van der Waals surface area (Å²) in [6.07, 6.45) is 0. The average Bonchev–Trinajstić information content (AvgIpc) is 2.10. The molecular formula is C11H14BrF2N. The molecule has 0 radical (unpaired) electrons. The Bertz CT molecular complexity index is 329. The summed E-state index contributed by atoms with van der Waals surface area (Å²) in [6.45, 7) is 5.88. The smallest absolute Gasteiger partial charge is 0.150 e. The molecule has 1 aromatic rings. The standard InChI is InChI=1S/C11H14BrF2N/c1-6(2)7(3)15-11-9(13)4-8(12)5-10(11)14/h4-7,15H,1-3H3. The highest BCUT2D eigenvalue weighted by atomic mass is 79.9. The molecular weight excluding hydrogens is 264 g/mol. The molecule has 0 heterocycles. The predicted octanol–water partition coefficient (Wildman–Crippen LogP) is 4.18. The van der Waals surface area contributed by atoms with E-state index in [9.17, 15) is 8.78 Å². The SMILES string of the molecule is CC(C)C(C)Nc1c(F)cc(Br)cc1F. The summed E-state index contributed by atoms with van der Waals surface area (Å²) < 4.78 is 27.2. The highest BCUT2D eigenvalue weighted by Crippen LogP contribution is 2.25. The van der Waals surface area contributed by atoms with Crippen LogP contribution >= 0.6 is 15.9 Å². The Balaban J connectivity index is 2.95. The van der Waals surface area contributed by atoms with Gasteiger partial charge in [0.15, 0.2) is 0 Å². The Morgan fingerprint density at radius 1 is 1.13 bits per heavy atom. The van der Waals surface area contributed by atoms with Crippen LogP contribution in [-0.2, 0) is 0 Å². The van der Waals surface area contributed by atoms with Crippen molar-refractivity contribution in [2.75, 3.05) is 5.32 Å². The highest BCUT2D eigenvalue weighted by Gasteiger charge is 2.14. The molecule has 1 atom stereocenters. The van der Waals surface area contributed by atoms with Crippen molar-refractivity contribution < 1.29 is 8.78 Å². The molecule has 0 aliphatic rings. The maximum absolute atomic E-state index is 13.4. The molecule has 0 spiro atoms. The van der Waals surface area contributed by atoms with Crippen LogP contribution in [0.25, 0.3) is 0 Å². The van der Waals surface area contributed by atoms with E-state index in [1.165, 1.54) is 12.1 Å². The molecule has 1 nitrogen and oxygen atoms in total. The maximum atomic E-state index is 13.4. The van der Waals surface area contributed by atoms with Gasteiger partial charge in [-0.05, 0) is 25.0 Å². The zero-order valence-corrected chi connectivity index (χ0v) is 10.5. The van der Waals surface area contributed by atoms with E-state index in [1.54, 1.807) is 0 Å². The van der Waals surface area contributed by atoms with Gasteiger partial charge in [0.25, 0.3) is 0 Å². The van der Waals surface area contributed by atoms with E-state index < -0.39 is 11.6 Å². The first-order chi connectivity index (χ1) is 6.91. The minimum Gasteiger partial charge on any atom is -0.378 e. The van der Waals surface area contributed by atoms with E-state index in [-0.39, 0.29) is 11.7 Å². The van der Waals surface area contributed by atoms with E-state index in [0.29, 0.717) is 10.4 Å². The van der Waals surface area contributed by atoms with Crippen molar-refractivity contribution in [3.8, 4) is 0 Å². The lowest BCUT2D eigenvalue weighted by atomic mass is 10.1. The maximum Gasteiger partial charge on any atom is 0.150 e. The summed E-state index contributed by atoms with van der Waals surface area (Å²) in [6, 6.07) is 2.52. The monoisotopic (exact) mass is 277 g/mol. The first-order valence-corrected chi connectivity index (χ1v) is 5.62. The molecule has 0 aromatic heterocycles. The lowest BCUT2D eigenvalue weighted by Crippen LogP contribution is -2.22. The Labute approximate surface area is 97.0 Å². The summed E-state index contributed by atoms with van der Waals surface area (Å²) in [5, 5.41) is 2.83. The molecule has 0 saturated carbocycles. The van der Waals surface area contributed by atoms with Crippen LogP contribution in [0.5, 0.6) is 0 Å². The molecule has 0 saturated heterocycles. The third kappa shape index (κ3) is 3.16. The fourth-order valence-corrected chi connectivity index (χ4v) is 1.48. The predicted molar refractivity (Wildman–Crippen MR) is 62.0 cm³/mol. The minimum atomic E-state index is -0.575. The van der Waals surface area contributed by atoms with Gasteiger partial charge in [0.2, 0.25) is 0 Å². The lowest BCUT2D eigenvalue weighted by Gasteiger charge is -2.19. The van der Waals surface area contributed by atoms with E-state index in [0.717, 1.165) is 0 Å². The van der Waals surface area contributed by atoms with Gasteiger partial charge in [0.05, 0.1) is 0 Å². The molecule has 0 aliphatic carbocycles. The van der Waals surface area contributed by atoms with Gasteiger partial charge in [-0.3, -0.25) is 0 Å². The summed E-state index contributed by atoms with van der Waals surface area (Å²) in [7, 11) is 0. The average molecular weight is 278 g/mol. The number of rotatable bonds is 3. The van der Waals surface area contributed by atoms with Crippen LogP contribution in [0, 0.1) is 17.6 Å². The topological polar surface area (TPSA) is 12.0 Å². The number of anilines is 1. The van der Waals surface area contributed by atoms with Crippen LogP contribution in [0.15, 0.2) is 16.6 Å². The molecule has 0 fully saturated rings. The second-order valence-corrected chi connectivity index (χ2v) is 4.84. The number of benzene rings is 1. The van der Waals surface area contributed by atoms with Gasteiger partial charge in [-0.25, -0.2) is 8.78 Å². The van der Waals surface area contributed by atoms with Crippen molar-refractivity contribution in [2.24, 2.45) is 5.92 Å². The molecule has 15 heavy (non-hydrogen) atoms. The molecule has 0 aliphatic heterocycles. The van der Waals surface area contributed by atoms with Gasteiger partial charge in [0.1, 0.15) is 17.3 Å². The van der Waals surface area contributed by atoms with Crippen LogP contribution in [0.1, 0.15) is 20.8 Å². The quantitative estimate of drug-likeness (QED) is 0.874. The van der Waals surface area contributed by atoms with Crippen LogP contribution in [-0.4, -0.2) is 6.04 Å². The first-order valence-electron chi connectivity index (χ1n) is 4.83. The first kappa shape index (κ1) is 12.4. The normalized spacial score (nSPS) is 13.0. The van der Waals surface area contributed by atoms with E-state index in [2.05, 4.69) is 21.2 Å². The second kappa shape index (κ2) is 4.92. The fourth-order valence-electron chi connectivity index (χ4n) is 1.07. The molecule has 1 N–H and O–H groups in total. The summed E-state index contributed by atoms with van der Waals surface area (Å²) >= 11 is 3.03. The molecule has 0 amide bonds. The number of halogens is 3. The summed E-state index contributed by atoms with van der Waals surface area (Å²) in [5.41, 5.74) is -0.0561. The molecule has 4 heteroatoms.